The van der Waals surface area contributed by atoms with Gasteiger partial charge in [-0.2, -0.15) is 0 Å². The van der Waals surface area contributed by atoms with Gasteiger partial charge in [-0.05, 0) is 58.9 Å². The average molecular weight is 303 g/mol. The standard InChI is InChI=1S/C19H29NO2/c1-16(2)12-14-19(21,15-22-20-17(3)4)13-8-11-18-9-6-5-7-10-18/h5-7,9-10,12,21H,8,11,13-15H2,1-4H3/t19-/m0/s1. The molecule has 3 heteroatoms. The van der Waals surface area contributed by atoms with Gasteiger partial charge in [0.2, 0.25) is 0 Å². The summed E-state index contributed by atoms with van der Waals surface area (Å²) in [6.45, 7) is 8.07. The molecule has 0 amide bonds. The molecule has 1 aromatic rings. The average Bonchev–Trinajstić information content (AvgIpc) is 2.46. The van der Waals surface area contributed by atoms with Gasteiger partial charge >= 0.3 is 0 Å². The Morgan fingerprint density at radius 1 is 1.18 bits per heavy atom. The Morgan fingerprint density at radius 3 is 2.45 bits per heavy atom. The van der Waals surface area contributed by atoms with E-state index in [0.717, 1.165) is 18.6 Å². The van der Waals surface area contributed by atoms with Crippen LogP contribution in [-0.2, 0) is 11.3 Å². The smallest absolute Gasteiger partial charge is 0.146 e. The van der Waals surface area contributed by atoms with E-state index in [9.17, 15) is 5.11 Å². The molecule has 0 spiro atoms. The summed E-state index contributed by atoms with van der Waals surface area (Å²) in [6.07, 6.45) is 5.25. The number of benzene rings is 1. The highest BCUT2D eigenvalue weighted by Gasteiger charge is 2.26. The van der Waals surface area contributed by atoms with Gasteiger partial charge in [0.1, 0.15) is 12.2 Å². The number of hydrogen-bond acceptors (Lipinski definition) is 3. The predicted octanol–water partition coefficient (Wildman–Crippen LogP) is 4.51. The normalized spacial score (nSPS) is 13.1. The van der Waals surface area contributed by atoms with Gasteiger partial charge in [-0.1, -0.05) is 47.1 Å². The zero-order valence-electron chi connectivity index (χ0n) is 14.3. The van der Waals surface area contributed by atoms with Gasteiger partial charge in [0.15, 0.2) is 0 Å². The molecule has 0 aromatic heterocycles. The molecule has 0 heterocycles. The maximum absolute atomic E-state index is 10.8. The highest BCUT2D eigenvalue weighted by atomic mass is 16.6. The molecule has 1 atom stereocenters. The van der Waals surface area contributed by atoms with Crippen LogP contribution >= 0.6 is 0 Å². The van der Waals surface area contributed by atoms with Gasteiger partial charge < -0.3 is 9.94 Å². The van der Waals surface area contributed by atoms with E-state index in [4.69, 9.17) is 4.84 Å². The maximum Gasteiger partial charge on any atom is 0.146 e. The molecule has 0 saturated carbocycles. The van der Waals surface area contributed by atoms with Crippen molar-refractivity contribution in [2.45, 2.75) is 59.0 Å². The number of aryl methyl sites for hydroxylation is 1. The summed E-state index contributed by atoms with van der Waals surface area (Å²) in [4.78, 5) is 5.30. The third-order valence-corrected chi connectivity index (χ3v) is 3.42. The quantitative estimate of drug-likeness (QED) is 0.414. The first-order valence-electron chi connectivity index (χ1n) is 7.94. The molecular formula is C19H29NO2. The summed E-state index contributed by atoms with van der Waals surface area (Å²) >= 11 is 0. The van der Waals surface area contributed by atoms with Gasteiger partial charge in [-0.25, -0.2) is 0 Å². The van der Waals surface area contributed by atoms with Crippen LogP contribution in [0.2, 0.25) is 0 Å². The second-order valence-electron chi connectivity index (χ2n) is 6.36. The predicted molar refractivity (Wildman–Crippen MR) is 93.1 cm³/mol. The zero-order chi connectivity index (χ0) is 16.4. The highest BCUT2D eigenvalue weighted by Crippen LogP contribution is 2.21. The van der Waals surface area contributed by atoms with E-state index in [0.29, 0.717) is 12.8 Å². The van der Waals surface area contributed by atoms with Crippen LogP contribution in [0.25, 0.3) is 0 Å². The number of oxime groups is 1. The van der Waals surface area contributed by atoms with Crippen molar-refractivity contribution < 1.29 is 9.94 Å². The molecule has 1 N–H and O–H groups in total. The number of nitrogens with zero attached hydrogens (tertiary/aromatic N) is 1. The Kier molecular flexibility index (Phi) is 7.89. The molecule has 22 heavy (non-hydrogen) atoms. The summed E-state index contributed by atoms with van der Waals surface area (Å²) in [6, 6.07) is 10.4. The van der Waals surface area contributed by atoms with E-state index >= 15 is 0 Å². The molecule has 1 rings (SSSR count). The fourth-order valence-electron chi connectivity index (χ4n) is 2.18. The molecule has 122 valence electrons. The van der Waals surface area contributed by atoms with Gasteiger partial charge in [-0.15, -0.1) is 0 Å². The summed E-state index contributed by atoms with van der Waals surface area (Å²) in [5.41, 5.74) is 2.51. The molecule has 1 aromatic carbocycles. The van der Waals surface area contributed by atoms with Crippen LogP contribution < -0.4 is 0 Å². The SMILES string of the molecule is CC(C)=CC[C@@](O)(CCCc1ccccc1)CON=C(C)C. The van der Waals surface area contributed by atoms with E-state index in [1.807, 2.05) is 45.9 Å². The molecule has 0 bridgehead atoms. The second kappa shape index (κ2) is 9.42. The van der Waals surface area contributed by atoms with Crippen molar-refractivity contribution in [2.75, 3.05) is 6.61 Å². The molecule has 0 saturated heterocycles. The first-order chi connectivity index (χ1) is 10.4. The van der Waals surface area contributed by atoms with E-state index in [2.05, 4.69) is 23.4 Å². The second-order valence-corrected chi connectivity index (χ2v) is 6.36. The van der Waals surface area contributed by atoms with E-state index in [1.165, 1.54) is 11.1 Å². The Labute approximate surface area is 134 Å². The van der Waals surface area contributed by atoms with Crippen LogP contribution in [0.4, 0.5) is 0 Å². The Balaban J connectivity index is 2.56. The van der Waals surface area contributed by atoms with Crippen molar-refractivity contribution in [2.24, 2.45) is 5.16 Å². The van der Waals surface area contributed by atoms with Gasteiger partial charge in [0, 0.05) is 0 Å². The molecule has 0 radical (unpaired) electrons. The Morgan fingerprint density at radius 2 is 1.86 bits per heavy atom. The van der Waals surface area contributed by atoms with Gasteiger partial charge in [0.05, 0.1) is 5.71 Å². The maximum atomic E-state index is 10.8. The lowest BCUT2D eigenvalue weighted by Crippen LogP contribution is -2.33. The minimum absolute atomic E-state index is 0.233. The number of allylic oxidation sites excluding steroid dienone is 1. The fourth-order valence-corrected chi connectivity index (χ4v) is 2.18. The van der Waals surface area contributed by atoms with Crippen molar-refractivity contribution >= 4 is 5.71 Å². The van der Waals surface area contributed by atoms with Crippen LogP contribution in [0.3, 0.4) is 0 Å². The monoisotopic (exact) mass is 303 g/mol. The minimum Gasteiger partial charge on any atom is -0.393 e. The molecule has 0 unspecified atom stereocenters. The van der Waals surface area contributed by atoms with Crippen LogP contribution in [0.5, 0.6) is 0 Å². The van der Waals surface area contributed by atoms with Crippen molar-refractivity contribution in [3.8, 4) is 0 Å². The first-order valence-corrected chi connectivity index (χ1v) is 7.94. The van der Waals surface area contributed by atoms with E-state index < -0.39 is 5.60 Å². The summed E-state index contributed by atoms with van der Waals surface area (Å²) in [5.74, 6) is 0. The minimum atomic E-state index is -0.856. The molecular weight excluding hydrogens is 274 g/mol. The van der Waals surface area contributed by atoms with Crippen molar-refractivity contribution in [1.82, 2.24) is 0 Å². The highest BCUT2D eigenvalue weighted by molar-refractivity contribution is 5.78. The molecule has 3 nitrogen and oxygen atoms in total. The van der Waals surface area contributed by atoms with Crippen molar-refractivity contribution in [3.05, 3.63) is 47.5 Å². The molecule has 0 aliphatic rings. The van der Waals surface area contributed by atoms with Crippen molar-refractivity contribution in [3.63, 3.8) is 0 Å². The van der Waals surface area contributed by atoms with E-state index in [-0.39, 0.29) is 6.61 Å². The lowest BCUT2D eigenvalue weighted by atomic mass is 9.92. The zero-order valence-corrected chi connectivity index (χ0v) is 14.3. The van der Waals surface area contributed by atoms with Gasteiger partial charge in [0.25, 0.3) is 0 Å². The Hall–Kier alpha value is -1.61. The summed E-state index contributed by atoms with van der Waals surface area (Å²) < 4.78 is 0. The number of rotatable bonds is 9. The third kappa shape index (κ3) is 7.99. The van der Waals surface area contributed by atoms with Crippen LogP contribution in [-0.4, -0.2) is 23.0 Å². The topological polar surface area (TPSA) is 41.8 Å². The largest absolute Gasteiger partial charge is 0.393 e. The third-order valence-electron chi connectivity index (χ3n) is 3.42. The number of aliphatic hydroxyl groups is 1. The number of hydrogen-bond donors (Lipinski definition) is 1. The van der Waals surface area contributed by atoms with Crippen LogP contribution in [0.1, 0.15) is 52.5 Å². The molecule has 0 fully saturated rings. The van der Waals surface area contributed by atoms with Crippen molar-refractivity contribution in [1.29, 1.82) is 0 Å². The van der Waals surface area contributed by atoms with E-state index in [1.54, 1.807) is 0 Å². The fraction of sp³-hybridized carbons (Fsp3) is 0.526. The summed E-state index contributed by atoms with van der Waals surface area (Å²) in [5, 5.41) is 14.8. The molecule has 0 aliphatic carbocycles. The lowest BCUT2D eigenvalue weighted by molar-refractivity contribution is -0.0497. The molecule has 0 aliphatic heterocycles. The van der Waals surface area contributed by atoms with Crippen LogP contribution in [0, 0.1) is 0 Å². The van der Waals surface area contributed by atoms with Crippen LogP contribution in [0.15, 0.2) is 47.1 Å². The lowest BCUT2D eigenvalue weighted by Gasteiger charge is -2.26. The summed E-state index contributed by atoms with van der Waals surface area (Å²) in [7, 11) is 0. The van der Waals surface area contributed by atoms with Gasteiger partial charge in [-0.3, -0.25) is 0 Å². The Bertz CT molecular complexity index is 485. The first kappa shape index (κ1) is 18.4.